The summed E-state index contributed by atoms with van der Waals surface area (Å²) >= 11 is 0. The summed E-state index contributed by atoms with van der Waals surface area (Å²) in [6, 6.07) is 8.23. The summed E-state index contributed by atoms with van der Waals surface area (Å²) in [5, 5.41) is 9.02. The number of hydrogen-bond donors (Lipinski definition) is 1. The van der Waals surface area contributed by atoms with Gasteiger partial charge in [-0.2, -0.15) is 0 Å². The van der Waals surface area contributed by atoms with Crippen LogP contribution in [0.15, 0.2) is 24.3 Å². The second kappa shape index (κ2) is 4.72. The molecule has 0 radical (unpaired) electrons. The minimum absolute atomic E-state index is 0.144. The highest BCUT2D eigenvalue weighted by Crippen LogP contribution is 2.24. The van der Waals surface area contributed by atoms with Crippen LogP contribution in [0.3, 0.4) is 0 Å². The first-order valence-electron chi connectivity index (χ1n) is 5.84. The number of aliphatic hydroxyl groups excluding tert-OH is 1. The lowest BCUT2D eigenvalue weighted by molar-refractivity contribution is 0.298. The quantitative estimate of drug-likeness (QED) is 0.878. The van der Waals surface area contributed by atoms with Crippen molar-refractivity contribution in [3.05, 3.63) is 41.2 Å². The second-order valence-electron chi connectivity index (χ2n) is 4.32. The van der Waals surface area contributed by atoms with Crippen LogP contribution in [0.4, 0.5) is 0 Å². The molecule has 0 fully saturated rings. The van der Waals surface area contributed by atoms with E-state index in [0.717, 1.165) is 22.8 Å². The fourth-order valence-electron chi connectivity index (χ4n) is 2.04. The molecule has 90 valence electrons. The average Bonchev–Trinajstić information content (AvgIpc) is 2.59. The SMILES string of the molecule is Cc1ccccc1-c1nc(CCO)c(C)n1C. The molecule has 0 aliphatic rings. The minimum Gasteiger partial charge on any atom is -0.396 e. The van der Waals surface area contributed by atoms with Gasteiger partial charge in [0.25, 0.3) is 0 Å². The molecule has 1 heterocycles. The Morgan fingerprint density at radius 1 is 1.24 bits per heavy atom. The fraction of sp³-hybridized carbons (Fsp3) is 0.357. The van der Waals surface area contributed by atoms with Crippen LogP contribution in [0.25, 0.3) is 11.4 Å². The van der Waals surface area contributed by atoms with Crippen LogP contribution in [0.1, 0.15) is 17.0 Å². The Morgan fingerprint density at radius 2 is 1.94 bits per heavy atom. The average molecular weight is 230 g/mol. The Hall–Kier alpha value is -1.61. The van der Waals surface area contributed by atoms with Gasteiger partial charge in [-0.05, 0) is 19.4 Å². The number of benzene rings is 1. The van der Waals surface area contributed by atoms with Gasteiger partial charge in [-0.1, -0.05) is 24.3 Å². The summed E-state index contributed by atoms with van der Waals surface area (Å²) < 4.78 is 2.09. The molecule has 0 saturated carbocycles. The molecule has 0 saturated heterocycles. The first-order chi connectivity index (χ1) is 8.15. The van der Waals surface area contributed by atoms with Gasteiger partial charge in [0.2, 0.25) is 0 Å². The van der Waals surface area contributed by atoms with Gasteiger partial charge in [0, 0.05) is 31.3 Å². The fourth-order valence-corrected chi connectivity index (χ4v) is 2.04. The maximum absolute atomic E-state index is 9.02. The van der Waals surface area contributed by atoms with E-state index < -0.39 is 0 Å². The normalized spacial score (nSPS) is 10.8. The lowest BCUT2D eigenvalue weighted by atomic mass is 10.1. The Bertz CT molecular complexity index is 529. The number of aromatic nitrogens is 2. The van der Waals surface area contributed by atoms with Crippen molar-refractivity contribution in [2.75, 3.05) is 6.61 Å². The van der Waals surface area contributed by atoms with Gasteiger partial charge in [-0.15, -0.1) is 0 Å². The van der Waals surface area contributed by atoms with Crippen molar-refractivity contribution in [1.29, 1.82) is 0 Å². The number of aryl methyl sites for hydroxylation is 1. The van der Waals surface area contributed by atoms with E-state index in [9.17, 15) is 0 Å². The molecule has 1 aromatic heterocycles. The molecule has 0 aliphatic heterocycles. The Labute approximate surface area is 102 Å². The summed E-state index contributed by atoms with van der Waals surface area (Å²) in [4.78, 5) is 4.63. The van der Waals surface area contributed by atoms with Gasteiger partial charge in [-0.25, -0.2) is 4.98 Å². The van der Waals surface area contributed by atoms with Crippen LogP contribution in [0, 0.1) is 13.8 Å². The maximum atomic E-state index is 9.02. The maximum Gasteiger partial charge on any atom is 0.140 e. The van der Waals surface area contributed by atoms with Crippen LogP contribution >= 0.6 is 0 Å². The smallest absolute Gasteiger partial charge is 0.140 e. The summed E-state index contributed by atoms with van der Waals surface area (Å²) in [6.45, 7) is 4.27. The van der Waals surface area contributed by atoms with Crippen LogP contribution in [0.5, 0.6) is 0 Å². The van der Waals surface area contributed by atoms with Crippen LogP contribution in [-0.2, 0) is 13.5 Å². The van der Waals surface area contributed by atoms with Crippen molar-refractivity contribution in [1.82, 2.24) is 9.55 Å². The molecule has 0 spiro atoms. The summed E-state index contributed by atoms with van der Waals surface area (Å²) in [7, 11) is 2.02. The molecule has 2 rings (SSSR count). The zero-order valence-electron chi connectivity index (χ0n) is 10.6. The third kappa shape index (κ3) is 2.11. The van der Waals surface area contributed by atoms with Crippen LogP contribution in [-0.4, -0.2) is 21.3 Å². The molecule has 3 heteroatoms. The highest BCUT2D eigenvalue weighted by atomic mass is 16.3. The van der Waals surface area contributed by atoms with E-state index in [1.807, 2.05) is 26.1 Å². The largest absolute Gasteiger partial charge is 0.396 e. The van der Waals surface area contributed by atoms with Gasteiger partial charge >= 0.3 is 0 Å². The Morgan fingerprint density at radius 3 is 2.59 bits per heavy atom. The summed E-state index contributed by atoms with van der Waals surface area (Å²) in [6.07, 6.45) is 0.617. The molecule has 3 nitrogen and oxygen atoms in total. The predicted molar refractivity (Wildman–Crippen MR) is 68.9 cm³/mol. The van der Waals surface area contributed by atoms with Crippen molar-refractivity contribution in [2.45, 2.75) is 20.3 Å². The van der Waals surface area contributed by atoms with E-state index in [4.69, 9.17) is 5.11 Å². The summed E-state index contributed by atoms with van der Waals surface area (Å²) in [5.41, 5.74) is 4.48. The number of rotatable bonds is 3. The highest BCUT2D eigenvalue weighted by molar-refractivity contribution is 5.61. The van der Waals surface area contributed by atoms with E-state index in [1.165, 1.54) is 5.56 Å². The minimum atomic E-state index is 0.144. The van der Waals surface area contributed by atoms with E-state index in [0.29, 0.717) is 6.42 Å². The van der Waals surface area contributed by atoms with E-state index in [-0.39, 0.29) is 6.61 Å². The zero-order valence-corrected chi connectivity index (χ0v) is 10.6. The lowest BCUT2D eigenvalue weighted by Gasteiger charge is -2.05. The van der Waals surface area contributed by atoms with Crippen molar-refractivity contribution in [3.63, 3.8) is 0 Å². The van der Waals surface area contributed by atoms with Crippen molar-refractivity contribution >= 4 is 0 Å². The van der Waals surface area contributed by atoms with Crippen molar-refractivity contribution in [3.8, 4) is 11.4 Å². The third-order valence-electron chi connectivity index (χ3n) is 3.21. The summed E-state index contributed by atoms with van der Waals surface area (Å²) in [5.74, 6) is 0.976. The van der Waals surface area contributed by atoms with E-state index in [1.54, 1.807) is 0 Å². The van der Waals surface area contributed by atoms with Gasteiger partial charge in [0.15, 0.2) is 0 Å². The number of hydrogen-bond acceptors (Lipinski definition) is 2. The molecule has 17 heavy (non-hydrogen) atoms. The number of aliphatic hydroxyl groups is 1. The van der Waals surface area contributed by atoms with Gasteiger partial charge in [0.05, 0.1) is 5.69 Å². The number of nitrogens with zero attached hydrogens (tertiary/aromatic N) is 2. The van der Waals surface area contributed by atoms with Gasteiger partial charge in [-0.3, -0.25) is 0 Å². The monoisotopic (exact) mass is 230 g/mol. The van der Waals surface area contributed by atoms with Crippen LogP contribution in [0.2, 0.25) is 0 Å². The standard InChI is InChI=1S/C14H18N2O/c1-10-6-4-5-7-12(10)14-15-13(8-9-17)11(2)16(14)3/h4-7,17H,8-9H2,1-3H3. The second-order valence-corrected chi connectivity index (χ2v) is 4.32. The molecule has 0 aliphatic carbocycles. The van der Waals surface area contributed by atoms with E-state index >= 15 is 0 Å². The molecule has 0 unspecified atom stereocenters. The van der Waals surface area contributed by atoms with Gasteiger partial charge < -0.3 is 9.67 Å². The first-order valence-corrected chi connectivity index (χ1v) is 5.84. The van der Waals surface area contributed by atoms with Crippen LogP contribution < -0.4 is 0 Å². The highest BCUT2D eigenvalue weighted by Gasteiger charge is 2.13. The predicted octanol–water partition coefficient (Wildman–Crippen LogP) is 2.24. The molecular weight excluding hydrogens is 212 g/mol. The molecule has 1 aromatic carbocycles. The molecular formula is C14H18N2O. The Kier molecular flexibility index (Phi) is 3.29. The Balaban J connectivity index is 2.53. The van der Waals surface area contributed by atoms with Crippen molar-refractivity contribution < 1.29 is 5.11 Å². The molecule has 0 bridgehead atoms. The van der Waals surface area contributed by atoms with Gasteiger partial charge in [0.1, 0.15) is 5.82 Å². The topological polar surface area (TPSA) is 38.1 Å². The third-order valence-corrected chi connectivity index (χ3v) is 3.21. The molecule has 0 atom stereocenters. The number of imidazole rings is 1. The molecule has 1 N–H and O–H groups in total. The first kappa shape index (κ1) is 11.9. The van der Waals surface area contributed by atoms with Crippen molar-refractivity contribution in [2.24, 2.45) is 7.05 Å². The van der Waals surface area contributed by atoms with E-state index in [2.05, 4.69) is 28.6 Å². The molecule has 2 aromatic rings. The molecule has 0 amide bonds. The zero-order chi connectivity index (χ0) is 12.4. The lowest BCUT2D eigenvalue weighted by Crippen LogP contribution is -1.97.